The van der Waals surface area contributed by atoms with Gasteiger partial charge in [-0.1, -0.05) is 31.5 Å². The maximum atomic E-state index is 12.2. The molecule has 5 nitrogen and oxygen atoms in total. The Morgan fingerprint density at radius 3 is 2.65 bits per heavy atom. The molecule has 0 aliphatic carbocycles. The first-order valence-corrected chi connectivity index (χ1v) is 7.06. The van der Waals surface area contributed by atoms with Crippen LogP contribution < -0.4 is 15.5 Å². The van der Waals surface area contributed by atoms with Crippen LogP contribution in [0, 0.1) is 13.8 Å². The van der Waals surface area contributed by atoms with Gasteiger partial charge in [0.2, 0.25) is 0 Å². The van der Waals surface area contributed by atoms with Gasteiger partial charge in [-0.25, -0.2) is 9.79 Å². The van der Waals surface area contributed by atoms with E-state index in [2.05, 4.69) is 22.5 Å². The number of hydrogen-bond donors (Lipinski definition) is 2. The zero-order chi connectivity index (χ0) is 14.5. The molecule has 0 fully saturated rings. The van der Waals surface area contributed by atoms with Gasteiger partial charge in [0.15, 0.2) is 6.29 Å². The molecule has 0 saturated carbocycles. The third-order valence-corrected chi connectivity index (χ3v) is 3.36. The van der Waals surface area contributed by atoms with Gasteiger partial charge in [-0.05, 0) is 37.9 Å². The Labute approximate surface area is 120 Å². The topological polar surface area (TPSA) is 56.7 Å². The number of hydrogen-bond acceptors (Lipinski definition) is 3. The van der Waals surface area contributed by atoms with E-state index in [0.29, 0.717) is 0 Å². The van der Waals surface area contributed by atoms with Crippen molar-refractivity contribution in [3.63, 3.8) is 0 Å². The minimum atomic E-state index is -0.324. The highest BCUT2D eigenvalue weighted by atomic mass is 16.2. The summed E-state index contributed by atoms with van der Waals surface area (Å²) in [5.41, 5.74) is 3.02. The SMILES string of the molecule is CCCCNC1N=CN(c2c(C)cccc2C)C(=O)N1. The van der Waals surface area contributed by atoms with E-state index in [1.807, 2.05) is 32.0 Å². The van der Waals surface area contributed by atoms with Crippen LogP contribution in [0.2, 0.25) is 0 Å². The maximum Gasteiger partial charge on any atom is 0.329 e. The Morgan fingerprint density at radius 2 is 2.05 bits per heavy atom. The largest absolute Gasteiger partial charge is 0.329 e. The molecule has 0 bridgehead atoms. The normalized spacial score (nSPS) is 18.2. The Hall–Kier alpha value is -1.88. The van der Waals surface area contributed by atoms with Crippen molar-refractivity contribution in [2.45, 2.75) is 39.9 Å². The summed E-state index contributed by atoms with van der Waals surface area (Å²) in [4.78, 5) is 18.1. The van der Waals surface area contributed by atoms with E-state index in [1.165, 1.54) is 0 Å². The van der Waals surface area contributed by atoms with Crippen molar-refractivity contribution in [2.24, 2.45) is 4.99 Å². The Kier molecular flexibility index (Phi) is 4.74. The Balaban J connectivity index is 2.12. The molecule has 1 aliphatic rings. The number of amides is 2. The first-order chi connectivity index (χ1) is 9.63. The first-order valence-electron chi connectivity index (χ1n) is 7.06. The zero-order valence-electron chi connectivity index (χ0n) is 12.3. The number of aryl methyl sites for hydroxylation is 2. The number of rotatable bonds is 5. The Bertz CT molecular complexity index is 492. The highest BCUT2D eigenvalue weighted by Gasteiger charge is 2.24. The van der Waals surface area contributed by atoms with Crippen LogP contribution in [-0.2, 0) is 0 Å². The van der Waals surface area contributed by atoms with Crippen LogP contribution in [0.4, 0.5) is 10.5 Å². The molecule has 1 aliphatic heterocycles. The van der Waals surface area contributed by atoms with E-state index in [9.17, 15) is 4.79 Å². The molecule has 1 aromatic rings. The van der Waals surface area contributed by atoms with Crippen LogP contribution in [0.5, 0.6) is 0 Å². The van der Waals surface area contributed by atoms with Gasteiger partial charge in [0.05, 0.1) is 5.69 Å². The molecule has 1 aromatic carbocycles. The van der Waals surface area contributed by atoms with Gasteiger partial charge in [-0.15, -0.1) is 0 Å². The van der Waals surface area contributed by atoms with Crippen LogP contribution in [0.1, 0.15) is 30.9 Å². The molecule has 108 valence electrons. The number of para-hydroxylation sites is 1. The van der Waals surface area contributed by atoms with Crippen molar-refractivity contribution in [2.75, 3.05) is 11.4 Å². The molecule has 0 saturated heterocycles. The molecule has 2 amide bonds. The summed E-state index contributed by atoms with van der Waals surface area (Å²) in [6.45, 7) is 6.97. The smallest absolute Gasteiger partial charge is 0.303 e. The van der Waals surface area contributed by atoms with Gasteiger partial charge in [0, 0.05) is 0 Å². The first kappa shape index (κ1) is 14.5. The maximum absolute atomic E-state index is 12.2. The number of unbranched alkanes of at least 4 members (excludes halogenated alkanes) is 1. The van der Waals surface area contributed by atoms with Crippen molar-refractivity contribution < 1.29 is 4.79 Å². The highest BCUT2D eigenvalue weighted by Crippen LogP contribution is 2.24. The number of carbonyl (C=O) groups excluding carboxylic acids is 1. The summed E-state index contributed by atoms with van der Waals surface area (Å²) >= 11 is 0. The number of nitrogens with zero attached hydrogens (tertiary/aromatic N) is 2. The lowest BCUT2D eigenvalue weighted by atomic mass is 10.1. The highest BCUT2D eigenvalue weighted by molar-refractivity contribution is 6.09. The molecule has 2 rings (SSSR count). The number of benzene rings is 1. The number of aliphatic imine (C=N–C) groups is 1. The third kappa shape index (κ3) is 3.17. The molecular formula is C15H22N4O. The van der Waals surface area contributed by atoms with Crippen LogP contribution in [-0.4, -0.2) is 25.2 Å². The van der Waals surface area contributed by atoms with E-state index in [0.717, 1.165) is 36.2 Å². The molecule has 2 N–H and O–H groups in total. The van der Waals surface area contributed by atoms with Gasteiger partial charge >= 0.3 is 6.03 Å². The second-order valence-electron chi connectivity index (χ2n) is 5.03. The predicted molar refractivity (Wildman–Crippen MR) is 82.1 cm³/mol. The summed E-state index contributed by atoms with van der Waals surface area (Å²) in [5.74, 6) is 0. The van der Waals surface area contributed by atoms with Crippen LogP contribution in [0.15, 0.2) is 23.2 Å². The van der Waals surface area contributed by atoms with E-state index >= 15 is 0 Å². The van der Waals surface area contributed by atoms with Gasteiger partial charge in [-0.2, -0.15) is 0 Å². The van der Waals surface area contributed by atoms with Gasteiger partial charge < -0.3 is 5.32 Å². The van der Waals surface area contributed by atoms with Gasteiger partial charge in [0.1, 0.15) is 6.34 Å². The molecule has 5 heteroatoms. The average Bonchev–Trinajstić information content (AvgIpc) is 2.41. The van der Waals surface area contributed by atoms with E-state index < -0.39 is 0 Å². The summed E-state index contributed by atoms with van der Waals surface area (Å²) in [5, 5.41) is 6.05. The fraction of sp³-hybridized carbons (Fsp3) is 0.467. The average molecular weight is 274 g/mol. The molecule has 0 aromatic heterocycles. The second-order valence-corrected chi connectivity index (χ2v) is 5.03. The molecule has 0 radical (unpaired) electrons. The zero-order valence-corrected chi connectivity index (χ0v) is 12.3. The van der Waals surface area contributed by atoms with E-state index in [-0.39, 0.29) is 12.3 Å². The summed E-state index contributed by atoms with van der Waals surface area (Å²) < 4.78 is 0. The van der Waals surface area contributed by atoms with Crippen molar-refractivity contribution in [1.29, 1.82) is 0 Å². The van der Waals surface area contributed by atoms with Crippen molar-refractivity contribution in [1.82, 2.24) is 10.6 Å². The monoisotopic (exact) mass is 274 g/mol. The van der Waals surface area contributed by atoms with Crippen molar-refractivity contribution >= 4 is 18.1 Å². The standard InChI is InChI=1S/C15H22N4O/c1-4-5-9-16-14-17-10-19(15(20)18-14)13-11(2)7-6-8-12(13)3/h6-8,10,14,16H,4-5,9H2,1-3H3,(H,18,20). The summed E-state index contributed by atoms with van der Waals surface area (Å²) in [7, 11) is 0. The minimum absolute atomic E-state index is 0.147. The van der Waals surface area contributed by atoms with Crippen molar-refractivity contribution in [3.8, 4) is 0 Å². The van der Waals surface area contributed by atoms with Crippen LogP contribution in [0.25, 0.3) is 0 Å². The van der Waals surface area contributed by atoms with Gasteiger partial charge in [0.25, 0.3) is 0 Å². The molecule has 1 heterocycles. The number of anilines is 1. The Morgan fingerprint density at radius 1 is 1.35 bits per heavy atom. The fourth-order valence-corrected chi connectivity index (χ4v) is 2.27. The fourth-order valence-electron chi connectivity index (χ4n) is 2.27. The summed E-state index contributed by atoms with van der Waals surface area (Å²) in [6.07, 6.45) is 3.47. The third-order valence-electron chi connectivity index (χ3n) is 3.36. The van der Waals surface area contributed by atoms with Crippen LogP contribution in [0.3, 0.4) is 0 Å². The number of carbonyl (C=O) groups is 1. The number of nitrogens with one attached hydrogen (secondary N) is 2. The lowest BCUT2D eigenvalue weighted by molar-refractivity contribution is 0.241. The minimum Gasteiger partial charge on any atom is -0.303 e. The molecule has 0 spiro atoms. The van der Waals surface area contributed by atoms with Gasteiger partial charge in [-0.3, -0.25) is 10.2 Å². The van der Waals surface area contributed by atoms with E-state index in [1.54, 1.807) is 11.2 Å². The molecule has 20 heavy (non-hydrogen) atoms. The molecule has 1 atom stereocenters. The lowest BCUT2D eigenvalue weighted by Gasteiger charge is -2.29. The quantitative estimate of drug-likeness (QED) is 0.811. The lowest BCUT2D eigenvalue weighted by Crippen LogP contribution is -2.54. The van der Waals surface area contributed by atoms with Crippen LogP contribution >= 0.6 is 0 Å². The van der Waals surface area contributed by atoms with Crippen molar-refractivity contribution in [3.05, 3.63) is 29.3 Å². The second kappa shape index (κ2) is 6.52. The molecular weight excluding hydrogens is 252 g/mol. The summed E-state index contributed by atoms with van der Waals surface area (Å²) in [6, 6.07) is 5.83. The number of urea groups is 1. The van der Waals surface area contributed by atoms with E-state index in [4.69, 9.17) is 0 Å². The predicted octanol–water partition coefficient (Wildman–Crippen LogP) is 2.53. The molecule has 1 unspecified atom stereocenters.